The highest BCUT2D eigenvalue weighted by Crippen LogP contribution is 2.10. The second-order valence-corrected chi connectivity index (χ2v) is 4.01. The van der Waals surface area contributed by atoms with Gasteiger partial charge in [0.05, 0.1) is 24.9 Å². The van der Waals surface area contributed by atoms with Crippen molar-refractivity contribution in [2.75, 3.05) is 13.2 Å². The highest BCUT2D eigenvalue weighted by atomic mass is 16.3. The fourth-order valence-electron chi connectivity index (χ4n) is 1.47. The van der Waals surface area contributed by atoms with E-state index in [1.807, 2.05) is 24.7 Å². The Hall–Kier alpha value is -0.910. The first-order chi connectivity index (χ1) is 7.69. The molecule has 1 heterocycles. The molecule has 3 N–H and O–H groups in total. The van der Waals surface area contributed by atoms with Crippen LogP contribution in [0.4, 0.5) is 0 Å². The number of rotatable bonds is 7. The molecule has 1 aromatic heterocycles. The summed E-state index contributed by atoms with van der Waals surface area (Å²) in [6, 6.07) is 0. The Morgan fingerprint density at radius 1 is 1.38 bits per heavy atom. The molecule has 0 aliphatic rings. The molecule has 1 aromatic rings. The van der Waals surface area contributed by atoms with Gasteiger partial charge in [0, 0.05) is 24.8 Å². The fourth-order valence-corrected chi connectivity index (χ4v) is 1.47. The molecule has 0 amide bonds. The molecule has 92 valence electrons. The van der Waals surface area contributed by atoms with Crippen LogP contribution in [-0.2, 0) is 13.1 Å². The van der Waals surface area contributed by atoms with Crippen LogP contribution >= 0.6 is 0 Å². The van der Waals surface area contributed by atoms with Gasteiger partial charge in [0.25, 0.3) is 0 Å². The van der Waals surface area contributed by atoms with E-state index in [9.17, 15) is 10.2 Å². The quantitative estimate of drug-likeness (QED) is 0.619. The second-order valence-electron chi connectivity index (χ2n) is 4.01. The van der Waals surface area contributed by atoms with Gasteiger partial charge in [-0.25, -0.2) is 0 Å². The van der Waals surface area contributed by atoms with Crippen molar-refractivity contribution >= 4 is 0 Å². The van der Waals surface area contributed by atoms with Crippen LogP contribution in [0, 0.1) is 0 Å². The summed E-state index contributed by atoms with van der Waals surface area (Å²) in [5, 5.41) is 25.9. The first-order valence-electron chi connectivity index (χ1n) is 5.67. The molecule has 1 rings (SSSR count). The van der Waals surface area contributed by atoms with Gasteiger partial charge in [-0.3, -0.25) is 4.68 Å². The van der Waals surface area contributed by atoms with Crippen molar-refractivity contribution in [3.63, 3.8) is 0 Å². The number of aryl methyl sites for hydroxylation is 1. The van der Waals surface area contributed by atoms with Crippen molar-refractivity contribution < 1.29 is 10.2 Å². The molecule has 0 aromatic carbocycles. The van der Waals surface area contributed by atoms with E-state index in [1.54, 1.807) is 6.20 Å². The molecule has 0 spiro atoms. The van der Waals surface area contributed by atoms with Crippen LogP contribution < -0.4 is 5.32 Å². The van der Waals surface area contributed by atoms with Crippen LogP contribution in [0.2, 0.25) is 0 Å². The Bertz CT molecular complexity index is 300. The van der Waals surface area contributed by atoms with E-state index in [1.165, 1.54) is 0 Å². The number of hydrogen-bond acceptors (Lipinski definition) is 4. The number of aromatic nitrogens is 2. The molecule has 0 atom stereocenters. The maximum atomic E-state index is 9.26. The van der Waals surface area contributed by atoms with Gasteiger partial charge in [0.2, 0.25) is 0 Å². The third-order valence-corrected chi connectivity index (χ3v) is 2.96. The summed E-state index contributed by atoms with van der Waals surface area (Å²) in [5.41, 5.74) is 0.468. The Morgan fingerprint density at radius 3 is 2.50 bits per heavy atom. The van der Waals surface area contributed by atoms with E-state index in [0.717, 1.165) is 12.1 Å². The summed E-state index contributed by atoms with van der Waals surface area (Å²) >= 11 is 0. The zero-order chi connectivity index (χ0) is 12.0. The minimum absolute atomic E-state index is 0.0675. The van der Waals surface area contributed by atoms with Crippen LogP contribution in [0.15, 0.2) is 12.4 Å². The average Bonchev–Trinajstić information content (AvgIpc) is 2.80. The zero-order valence-corrected chi connectivity index (χ0v) is 9.98. The van der Waals surface area contributed by atoms with E-state index in [4.69, 9.17) is 0 Å². The Morgan fingerprint density at radius 2 is 2.06 bits per heavy atom. The number of nitrogens with zero attached hydrogens (tertiary/aromatic N) is 2. The molecule has 0 bridgehead atoms. The molecule has 5 heteroatoms. The molecular weight excluding hydrogens is 206 g/mol. The minimum atomic E-state index is -0.589. The van der Waals surface area contributed by atoms with Crippen LogP contribution in [0.25, 0.3) is 0 Å². The normalized spacial score (nSPS) is 12.0. The smallest absolute Gasteiger partial charge is 0.0648 e. The molecule has 0 fully saturated rings. The van der Waals surface area contributed by atoms with Crippen molar-refractivity contribution in [3.8, 4) is 0 Å². The molecule has 0 unspecified atom stereocenters. The summed E-state index contributed by atoms with van der Waals surface area (Å²) in [7, 11) is 0. The van der Waals surface area contributed by atoms with Crippen LogP contribution in [-0.4, -0.2) is 38.7 Å². The second kappa shape index (κ2) is 5.98. The van der Waals surface area contributed by atoms with Crippen molar-refractivity contribution in [3.05, 3.63) is 18.0 Å². The van der Waals surface area contributed by atoms with Crippen LogP contribution in [0.5, 0.6) is 0 Å². The van der Waals surface area contributed by atoms with Gasteiger partial charge in [-0.1, -0.05) is 6.92 Å². The van der Waals surface area contributed by atoms with Gasteiger partial charge in [-0.15, -0.1) is 0 Å². The van der Waals surface area contributed by atoms with Crippen molar-refractivity contribution in [1.82, 2.24) is 15.1 Å². The predicted molar refractivity (Wildman–Crippen MR) is 61.9 cm³/mol. The Labute approximate surface area is 96.1 Å². The number of nitrogens with one attached hydrogen (secondary N) is 1. The van der Waals surface area contributed by atoms with Crippen molar-refractivity contribution in [2.24, 2.45) is 0 Å². The molecular formula is C11H21N3O2. The molecule has 0 saturated carbocycles. The largest absolute Gasteiger partial charge is 0.394 e. The Kier molecular flexibility index (Phi) is 4.92. The summed E-state index contributed by atoms with van der Waals surface area (Å²) in [5.74, 6) is 0. The molecule has 16 heavy (non-hydrogen) atoms. The van der Waals surface area contributed by atoms with Gasteiger partial charge in [-0.2, -0.15) is 5.10 Å². The van der Waals surface area contributed by atoms with E-state index in [0.29, 0.717) is 13.0 Å². The lowest BCUT2D eigenvalue weighted by molar-refractivity contribution is 0.0864. The fraction of sp³-hybridized carbons (Fsp3) is 0.727. The molecule has 0 saturated heterocycles. The summed E-state index contributed by atoms with van der Waals surface area (Å²) in [4.78, 5) is 0. The average molecular weight is 227 g/mol. The van der Waals surface area contributed by atoms with Gasteiger partial charge < -0.3 is 15.5 Å². The first kappa shape index (κ1) is 13.2. The standard InChI is InChI=1S/C11H21N3O2/c1-3-11(8-15,9-16)12-5-10-6-13-14(4-2)7-10/h6-7,12,15-16H,3-5,8-9H2,1-2H3. The number of aliphatic hydroxyl groups is 2. The maximum absolute atomic E-state index is 9.26. The van der Waals surface area contributed by atoms with Gasteiger partial charge >= 0.3 is 0 Å². The van der Waals surface area contributed by atoms with Crippen LogP contribution in [0.1, 0.15) is 25.8 Å². The number of hydrogen-bond donors (Lipinski definition) is 3. The highest BCUT2D eigenvalue weighted by Gasteiger charge is 2.25. The summed E-state index contributed by atoms with van der Waals surface area (Å²) in [6.07, 6.45) is 4.44. The van der Waals surface area contributed by atoms with Gasteiger partial charge in [0.1, 0.15) is 0 Å². The van der Waals surface area contributed by atoms with Gasteiger partial charge in [-0.05, 0) is 13.3 Å². The van der Waals surface area contributed by atoms with E-state index < -0.39 is 5.54 Å². The summed E-state index contributed by atoms with van der Waals surface area (Å²) < 4.78 is 1.85. The maximum Gasteiger partial charge on any atom is 0.0648 e. The molecule has 0 aliphatic carbocycles. The summed E-state index contributed by atoms with van der Waals surface area (Å²) in [6.45, 7) is 5.29. The van der Waals surface area contributed by atoms with E-state index in [-0.39, 0.29) is 13.2 Å². The molecule has 5 nitrogen and oxygen atoms in total. The third kappa shape index (κ3) is 3.04. The monoisotopic (exact) mass is 227 g/mol. The topological polar surface area (TPSA) is 70.3 Å². The first-order valence-corrected chi connectivity index (χ1v) is 5.67. The van der Waals surface area contributed by atoms with Crippen molar-refractivity contribution in [1.29, 1.82) is 0 Å². The number of aliphatic hydroxyl groups excluding tert-OH is 2. The lowest BCUT2D eigenvalue weighted by atomic mass is 9.98. The van der Waals surface area contributed by atoms with Crippen LogP contribution in [0.3, 0.4) is 0 Å². The lowest BCUT2D eigenvalue weighted by Crippen LogP contribution is -2.50. The Balaban J connectivity index is 2.55. The zero-order valence-electron chi connectivity index (χ0n) is 9.98. The predicted octanol–water partition coefficient (Wildman–Crippen LogP) is 0.126. The SMILES string of the molecule is CCn1cc(CNC(CC)(CO)CO)cn1. The molecule has 0 aliphatic heterocycles. The highest BCUT2D eigenvalue weighted by molar-refractivity contribution is 5.04. The lowest BCUT2D eigenvalue weighted by Gasteiger charge is -2.29. The van der Waals surface area contributed by atoms with Gasteiger partial charge in [0.15, 0.2) is 0 Å². The minimum Gasteiger partial charge on any atom is -0.394 e. The van der Waals surface area contributed by atoms with E-state index >= 15 is 0 Å². The third-order valence-electron chi connectivity index (χ3n) is 2.96. The van der Waals surface area contributed by atoms with E-state index in [2.05, 4.69) is 10.4 Å². The molecule has 0 radical (unpaired) electrons. The van der Waals surface area contributed by atoms with Crippen molar-refractivity contribution in [2.45, 2.75) is 38.9 Å².